The van der Waals surface area contributed by atoms with Gasteiger partial charge in [0, 0.05) is 18.9 Å². The number of ether oxygens (including phenoxy) is 1. The number of benzene rings is 2. The molecule has 0 aliphatic heterocycles. The zero-order valence-corrected chi connectivity index (χ0v) is 18.6. The summed E-state index contributed by atoms with van der Waals surface area (Å²) < 4.78 is 5.61. The van der Waals surface area contributed by atoms with E-state index < -0.39 is 18.1 Å². The average Bonchev–Trinajstić information content (AvgIpc) is 3.09. The van der Waals surface area contributed by atoms with Gasteiger partial charge in [-0.25, -0.2) is 4.79 Å². The number of nitrogens with one attached hydrogen (secondary N) is 2. The molecule has 174 valence electrons. The van der Waals surface area contributed by atoms with Crippen molar-refractivity contribution in [3.63, 3.8) is 0 Å². The van der Waals surface area contributed by atoms with Crippen LogP contribution >= 0.6 is 0 Å². The molecule has 2 aromatic rings. The number of hydrogen-bond acceptors (Lipinski definition) is 4. The van der Waals surface area contributed by atoms with Gasteiger partial charge in [0.15, 0.2) is 0 Å². The topological polar surface area (TPSA) is 105 Å². The van der Waals surface area contributed by atoms with Gasteiger partial charge in [-0.05, 0) is 53.9 Å². The summed E-state index contributed by atoms with van der Waals surface area (Å²) in [6, 6.07) is 15.7. The molecule has 2 amide bonds. The largest absolute Gasteiger partial charge is 0.481 e. The van der Waals surface area contributed by atoms with E-state index in [1.807, 2.05) is 24.3 Å². The van der Waals surface area contributed by atoms with Crippen LogP contribution in [0.1, 0.15) is 55.6 Å². The molecule has 1 unspecified atom stereocenters. The lowest BCUT2D eigenvalue weighted by atomic mass is 9.79. The smallest absolute Gasteiger partial charge is 0.407 e. The summed E-state index contributed by atoms with van der Waals surface area (Å²) in [5, 5.41) is 14.3. The average molecular weight is 451 g/mol. The van der Waals surface area contributed by atoms with Crippen molar-refractivity contribution in [1.29, 1.82) is 0 Å². The number of carbonyl (C=O) groups excluding carboxylic acids is 2. The first-order valence-electron chi connectivity index (χ1n) is 11.7. The number of fused-ring (bicyclic) bond motifs is 3. The maximum Gasteiger partial charge on any atom is 0.407 e. The van der Waals surface area contributed by atoms with Gasteiger partial charge in [-0.1, -0.05) is 55.0 Å². The second-order valence-electron chi connectivity index (χ2n) is 8.78. The summed E-state index contributed by atoms with van der Waals surface area (Å²) >= 11 is 0. The lowest BCUT2D eigenvalue weighted by Gasteiger charge is -2.33. The summed E-state index contributed by atoms with van der Waals surface area (Å²) in [5.41, 5.74) is 4.61. The molecule has 1 fully saturated rings. The Morgan fingerprint density at radius 1 is 0.970 bits per heavy atom. The van der Waals surface area contributed by atoms with Crippen LogP contribution in [0.5, 0.6) is 0 Å². The van der Waals surface area contributed by atoms with E-state index in [0.29, 0.717) is 19.4 Å². The van der Waals surface area contributed by atoms with Crippen LogP contribution < -0.4 is 10.6 Å². The number of hydrogen-bond donors (Lipinski definition) is 3. The van der Waals surface area contributed by atoms with Crippen LogP contribution in [0.4, 0.5) is 4.79 Å². The maximum atomic E-state index is 12.7. The fourth-order valence-electron chi connectivity index (χ4n) is 4.66. The van der Waals surface area contributed by atoms with Gasteiger partial charge in [0.25, 0.3) is 0 Å². The molecular formula is C26H30N2O5. The van der Waals surface area contributed by atoms with Crippen LogP contribution in [0.3, 0.4) is 0 Å². The van der Waals surface area contributed by atoms with Crippen molar-refractivity contribution in [3.05, 3.63) is 59.7 Å². The summed E-state index contributed by atoms with van der Waals surface area (Å²) in [7, 11) is 0. The Hall–Kier alpha value is -3.35. The summed E-state index contributed by atoms with van der Waals surface area (Å²) in [4.78, 5) is 36.0. The fourth-order valence-corrected chi connectivity index (χ4v) is 4.66. The number of rotatable bonds is 10. The Kier molecular flexibility index (Phi) is 7.27. The number of aliphatic carboxylic acids is 1. The number of amides is 2. The van der Waals surface area contributed by atoms with Gasteiger partial charge in [-0.15, -0.1) is 0 Å². The number of carbonyl (C=O) groups is 3. The normalized spacial score (nSPS) is 15.6. The SMILES string of the molecule is O=C(O)CCCCNC(=O)C(NC(=O)OCC1c2ccccc2-c2ccccc21)C1CCC1. The summed E-state index contributed by atoms with van der Waals surface area (Å²) in [5.74, 6) is -1.01. The molecule has 33 heavy (non-hydrogen) atoms. The van der Waals surface area contributed by atoms with E-state index >= 15 is 0 Å². The van der Waals surface area contributed by atoms with Gasteiger partial charge in [-0.2, -0.15) is 0 Å². The molecule has 1 atom stereocenters. The Balaban J connectivity index is 1.33. The van der Waals surface area contributed by atoms with Crippen molar-refractivity contribution in [1.82, 2.24) is 10.6 Å². The second kappa shape index (κ2) is 10.5. The number of carboxylic acid groups (broad SMARTS) is 1. The monoisotopic (exact) mass is 450 g/mol. The minimum absolute atomic E-state index is 0.0339. The number of alkyl carbamates (subject to hydrolysis) is 1. The zero-order chi connectivity index (χ0) is 23.2. The van der Waals surface area contributed by atoms with Crippen molar-refractivity contribution in [2.75, 3.05) is 13.2 Å². The van der Waals surface area contributed by atoms with Crippen LogP contribution in [0.15, 0.2) is 48.5 Å². The third-order valence-corrected chi connectivity index (χ3v) is 6.64. The van der Waals surface area contributed by atoms with E-state index in [1.54, 1.807) is 0 Å². The Morgan fingerprint density at radius 2 is 1.61 bits per heavy atom. The fraction of sp³-hybridized carbons (Fsp3) is 0.423. The molecule has 0 bridgehead atoms. The molecule has 3 N–H and O–H groups in total. The van der Waals surface area contributed by atoms with E-state index in [1.165, 1.54) is 0 Å². The highest BCUT2D eigenvalue weighted by molar-refractivity contribution is 5.86. The number of carboxylic acids is 1. The van der Waals surface area contributed by atoms with E-state index in [4.69, 9.17) is 9.84 Å². The highest BCUT2D eigenvalue weighted by Gasteiger charge is 2.35. The van der Waals surface area contributed by atoms with Crippen LogP contribution in [-0.4, -0.2) is 42.3 Å². The predicted molar refractivity (Wildman–Crippen MR) is 124 cm³/mol. The molecule has 2 aliphatic rings. The molecule has 0 saturated heterocycles. The van der Waals surface area contributed by atoms with Gasteiger partial charge in [0.2, 0.25) is 5.91 Å². The molecule has 7 nitrogen and oxygen atoms in total. The van der Waals surface area contributed by atoms with Crippen LogP contribution in [-0.2, 0) is 14.3 Å². The molecule has 2 aliphatic carbocycles. The van der Waals surface area contributed by atoms with Gasteiger partial charge in [0.1, 0.15) is 12.6 Å². The Morgan fingerprint density at radius 3 is 2.18 bits per heavy atom. The Labute approximate surface area is 193 Å². The zero-order valence-electron chi connectivity index (χ0n) is 18.6. The van der Waals surface area contributed by atoms with Gasteiger partial charge in [0.05, 0.1) is 0 Å². The predicted octanol–water partition coefficient (Wildman–Crippen LogP) is 4.06. The molecule has 0 aromatic heterocycles. The molecule has 4 rings (SSSR count). The lowest BCUT2D eigenvalue weighted by molar-refractivity contribution is -0.137. The van der Waals surface area contributed by atoms with Crippen molar-refractivity contribution >= 4 is 18.0 Å². The van der Waals surface area contributed by atoms with Gasteiger partial charge < -0.3 is 20.5 Å². The molecule has 0 spiro atoms. The minimum atomic E-state index is -0.842. The van der Waals surface area contributed by atoms with Crippen LogP contribution in [0.25, 0.3) is 11.1 Å². The van der Waals surface area contributed by atoms with Crippen molar-refractivity contribution in [2.45, 2.75) is 50.5 Å². The third-order valence-electron chi connectivity index (χ3n) is 6.64. The third kappa shape index (κ3) is 5.35. The first kappa shape index (κ1) is 22.8. The van der Waals surface area contributed by atoms with Gasteiger partial charge in [-0.3, -0.25) is 9.59 Å². The summed E-state index contributed by atoms with van der Waals surface area (Å²) in [6.07, 6.45) is 3.40. The quantitative estimate of drug-likeness (QED) is 0.474. The molecule has 2 aromatic carbocycles. The van der Waals surface area contributed by atoms with E-state index in [-0.39, 0.29) is 30.8 Å². The van der Waals surface area contributed by atoms with Crippen molar-refractivity contribution in [2.24, 2.45) is 5.92 Å². The van der Waals surface area contributed by atoms with Crippen LogP contribution in [0, 0.1) is 5.92 Å². The Bertz CT molecular complexity index is 972. The maximum absolute atomic E-state index is 12.7. The first-order valence-corrected chi connectivity index (χ1v) is 11.7. The van der Waals surface area contributed by atoms with E-state index in [9.17, 15) is 14.4 Å². The standard InChI is InChI=1S/C26H30N2O5/c29-23(30)14-5-6-15-27-25(31)24(17-8-7-9-17)28-26(32)33-16-22-20-12-3-1-10-18(20)19-11-2-4-13-21(19)22/h1-4,10-13,17,22,24H,5-9,14-16H2,(H,27,31)(H,28,32)(H,29,30). The summed E-state index contributed by atoms with van der Waals surface area (Å²) in [6.45, 7) is 0.593. The van der Waals surface area contributed by atoms with E-state index in [2.05, 4.69) is 34.9 Å². The molecule has 0 heterocycles. The molecule has 7 heteroatoms. The highest BCUT2D eigenvalue weighted by Crippen LogP contribution is 2.44. The van der Waals surface area contributed by atoms with E-state index in [0.717, 1.165) is 41.5 Å². The van der Waals surface area contributed by atoms with Gasteiger partial charge >= 0.3 is 12.1 Å². The molecule has 1 saturated carbocycles. The number of unbranched alkanes of at least 4 members (excludes halogenated alkanes) is 1. The molecule has 0 radical (unpaired) electrons. The van der Waals surface area contributed by atoms with Crippen molar-refractivity contribution < 1.29 is 24.2 Å². The lowest BCUT2D eigenvalue weighted by Crippen LogP contribution is -2.53. The first-order chi connectivity index (χ1) is 16.0. The molecular weight excluding hydrogens is 420 g/mol. The second-order valence-corrected chi connectivity index (χ2v) is 8.78. The highest BCUT2D eigenvalue weighted by atomic mass is 16.5. The van der Waals surface area contributed by atoms with Crippen LogP contribution in [0.2, 0.25) is 0 Å². The van der Waals surface area contributed by atoms with Crippen molar-refractivity contribution in [3.8, 4) is 11.1 Å². The minimum Gasteiger partial charge on any atom is -0.481 e.